The van der Waals surface area contributed by atoms with E-state index in [0.717, 1.165) is 11.3 Å². The molecule has 0 aromatic carbocycles. The molecule has 168 valence electrons. The third-order valence-corrected chi connectivity index (χ3v) is 6.82. The van der Waals surface area contributed by atoms with Crippen molar-refractivity contribution in [2.24, 2.45) is 0 Å². The van der Waals surface area contributed by atoms with Gasteiger partial charge in [-0.3, -0.25) is 9.59 Å². The maximum atomic E-state index is 12.2. The second kappa shape index (κ2) is 10.4. The van der Waals surface area contributed by atoms with Crippen molar-refractivity contribution in [1.82, 2.24) is 15.3 Å². The molecule has 2 N–H and O–H groups in total. The Hall–Kier alpha value is -2.14. The molecule has 2 aromatic heterocycles. The van der Waals surface area contributed by atoms with Crippen LogP contribution < -0.4 is 10.2 Å². The second-order valence-electron chi connectivity index (χ2n) is 6.81. The van der Waals surface area contributed by atoms with Crippen molar-refractivity contribution in [2.45, 2.75) is 32.8 Å². The molecule has 0 saturated carbocycles. The molecular formula is C19H22Cl2N4O5S. The van der Waals surface area contributed by atoms with Gasteiger partial charge in [-0.1, -0.05) is 34.5 Å². The lowest BCUT2D eigenvalue weighted by molar-refractivity contribution is 0.0248. The van der Waals surface area contributed by atoms with Crippen molar-refractivity contribution in [3.63, 3.8) is 0 Å². The zero-order valence-corrected chi connectivity index (χ0v) is 19.3. The Balaban J connectivity index is 1.49. The van der Waals surface area contributed by atoms with E-state index in [4.69, 9.17) is 32.7 Å². The van der Waals surface area contributed by atoms with Crippen LogP contribution in [0.2, 0.25) is 10.0 Å². The standard InChI is InChI=1S/C19H22Cl2N4O5S/c1-3-29-18(28)16-12(8-26)24-19(31-16)25-6-4-11(5-7-25)30-9-22-17(27)15-14(21)13(20)10(2)23-15/h8,11,23H,3-7,9H2,1-2H3,(H,22,27). The third kappa shape index (κ3) is 5.38. The Morgan fingerprint density at radius 2 is 2.03 bits per heavy atom. The number of nitrogens with zero attached hydrogens (tertiary/aromatic N) is 2. The summed E-state index contributed by atoms with van der Waals surface area (Å²) in [7, 11) is 0. The normalized spacial score (nSPS) is 14.5. The third-order valence-electron chi connectivity index (χ3n) is 4.76. The number of aromatic nitrogens is 2. The number of aryl methyl sites for hydroxylation is 1. The first-order chi connectivity index (χ1) is 14.8. The van der Waals surface area contributed by atoms with Crippen molar-refractivity contribution >= 4 is 57.8 Å². The summed E-state index contributed by atoms with van der Waals surface area (Å²) in [6, 6.07) is 0. The molecule has 9 nitrogen and oxygen atoms in total. The lowest BCUT2D eigenvalue weighted by atomic mass is 10.1. The first kappa shape index (κ1) is 23.5. The van der Waals surface area contributed by atoms with Gasteiger partial charge in [0.15, 0.2) is 11.4 Å². The fraction of sp³-hybridized carbons (Fsp3) is 0.474. The predicted molar refractivity (Wildman–Crippen MR) is 118 cm³/mol. The number of anilines is 1. The highest BCUT2D eigenvalue weighted by atomic mass is 35.5. The number of ether oxygens (including phenoxy) is 2. The fourth-order valence-corrected chi connectivity index (χ4v) is 4.53. The molecule has 0 radical (unpaired) electrons. The Morgan fingerprint density at radius 1 is 1.32 bits per heavy atom. The number of amides is 1. The number of thiazole rings is 1. The molecule has 3 rings (SSSR count). The minimum Gasteiger partial charge on any atom is -0.462 e. The van der Waals surface area contributed by atoms with Gasteiger partial charge < -0.3 is 24.7 Å². The van der Waals surface area contributed by atoms with E-state index in [1.807, 2.05) is 4.90 Å². The summed E-state index contributed by atoms with van der Waals surface area (Å²) >= 11 is 13.2. The number of hydrogen-bond acceptors (Lipinski definition) is 8. The number of esters is 1. The smallest absolute Gasteiger partial charge is 0.350 e. The van der Waals surface area contributed by atoms with E-state index in [1.54, 1.807) is 13.8 Å². The minimum atomic E-state index is -0.541. The number of rotatable bonds is 8. The van der Waals surface area contributed by atoms with Crippen molar-refractivity contribution < 1.29 is 23.9 Å². The molecular weight excluding hydrogens is 467 g/mol. The number of nitrogens with one attached hydrogen (secondary N) is 2. The van der Waals surface area contributed by atoms with Crippen molar-refractivity contribution in [1.29, 1.82) is 0 Å². The highest BCUT2D eigenvalue weighted by Gasteiger charge is 2.26. The summed E-state index contributed by atoms with van der Waals surface area (Å²) in [6.07, 6.45) is 1.93. The SMILES string of the molecule is CCOC(=O)c1sc(N2CCC(OCNC(=O)c3[nH]c(C)c(Cl)c3Cl)CC2)nc1C=O. The monoisotopic (exact) mass is 488 g/mol. The first-order valence-corrected chi connectivity index (χ1v) is 11.2. The average molecular weight is 489 g/mol. The highest BCUT2D eigenvalue weighted by molar-refractivity contribution is 7.17. The van der Waals surface area contributed by atoms with E-state index in [-0.39, 0.29) is 40.7 Å². The van der Waals surface area contributed by atoms with E-state index in [9.17, 15) is 14.4 Å². The van der Waals surface area contributed by atoms with Gasteiger partial charge in [0.05, 0.1) is 22.8 Å². The predicted octanol–water partition coefficient (Wildman–Crippen LogP) is 3.45. The maximum absolute atomic E-state index is 12.2. The van der Waals surface area contributed by atoms with Crippen LogP contribution in [0.5, 0.6) is 0 Å². The number of halogens is 2. The fourth-order valence-electron chi connectivity index (χ4n) is 3.13. The van der Waals surface area contributed by atoms with Gasteiger partial charge in [-0.25, -0.2) is 9.78 Å². The Morgan fingerprint density at radius 3 is 2.61 bits per heavy atom. The summed E-state index contributed by atoms with van der Waals surface area (Å²) in [5, 5.41) is 3.78. The zero-order valence-electron chi connectivity index (χ0n) is 17.0. The van der Waals surface area contributed by atoms with E-state index in [0.29, 0.717) is 48.1 Å². The van der Waals surface area contributed by atoms with Gasteiger partial charge >= 0.3 is 5.97 Å². The van der Waals surface area contributed by atoms with Gasteiger partial charge in [0.1, 0.15) is 23.0 Å². The number of carbonyl (C=O) groups excluding carboxylic acids is 3. The number of hydrogen-bond donors (Lipinski definition) is 2. The van der Waals surface area contributed by atoms with E-state index in [1.165, 1.54) is 0 Å². The number of H-pyrrole nitrogens is 1. The van der Waals surface area contributed by atoms with Crippen molar-refractivity contribution in [3.05, 3.63) is 32.0 Å². The van der Waals surface area contributed by atoms with Crippen LogP contribution in [0, 0.1) is 6.92 Å². The summed E-state index contributed by atoms with van der Waals surface area (Å²) in [5.74, 6) is -0.936. The van der Waals surface area contributed by atoms with E-state index < -0.39 is 11.9 Å². The van der Waals surface area contributed by atoms with Crippen molar-refractivity contribution in [3.8, 4) is 0 Å². The highest BCUT2D eigenvalue weighted by Crippen LogP contribution is 2.30. The minimum absolute atomic E-state index is 0.0368. The molecule has 0 spiro atoms. The van der Waals surface area contributed by atoms with Crippen LogP contribution in [0.4, 0.5) is 5.13 Å². The average Bonchev–Trinajstić information content (AvgIpc) is 3.31. The zero-order chi connectivity index (χ0) is 22.5. The Labute approximate surface area is 193 Å². The number of aromatic amines is 1. The van der Waals surface area contributed by atoms with Gasteiger partial charge in [0, 0.05) is 18.8 Å². The van der Waals surface area contributed by atoms with Gasteiger partial charge in [0.25, 0.3) is 5.91 Å². The van der Waals surface area contributed by atoms with Gasteiger partial charge in [-0.15, -0.1) is 0 Å². The molecule has 1 aliphatic rings. The molecule has 0 atom stereocenters. The molecule has 1 amide bonds. The van der Waals surface area contributed by atoms with Crippen LogP contribution in [0.15, 0.2) is 0 Å². The topological polar surface area (TPSA) is 114 Å². The Bertz CT molecular complexity index is 969. The lowest BCUT2D eigenvalue weighted by Crippen LogP contribution is -2.39. The lowest BCUT2D eigenvalue weighted by Gasteiger charge is -2.31. The van der Waals surface area contributed by atoms with Gasteiger partial charge in [-0.05, 0) is 26.7 Å². The largest absolute Gasteiger partial charge is 0.462 e. The first-order valence-electron chi connectivity index (χ1n) is 9.67. The van der Waals surface area contributed by atoms with Crippen LogP contribution in [0.25, 0.3) is 0 Å². The summed E-state index contributed by atoms with van der Waals surface area (Å²) in [4.78, 5) is 44.8. The van der Waals surface area contributed by atoms with Crippen LogP contribution in [-0.2, 0) is 9.47 Å². The molecule has 2 aromatic rings. The summed E-state index contributed by atoms with van der Waals surface area (Å²) in [5.41, 5.74) is 0.920. The van der Waals surface area contributed by atoms with E-state index in [2.05, 4.69) is 15.3 Å². The summed E-state index contributed by atoms with van der Waals surface area (Å²) < 4.78 is 10.7. The molecule has 1 fully saturated rings. The van der Waals surface area contributed by atoms with Gasteiger partial charge in [-0.2, -0.15) is 0 Å². The van der Waals surface area contributed by atoms with Crippen LogP contribution in [-0.4, -0.2) is 60.7 Å². The van der Waals surface area contributed by atoms with Crippen LogP contribution in [0.1, 0.15) is 56.1 Å². The molecule has 3 heterocycles. The molecule has 1 aliphatic heterocycles. The Kier molecular flexibility index (Phi) is 7.93. The molecule has 31 heavy (non-hydrogen) atoms. The maximum Gasteiger partial charge on any atom is 0.350 e. The molecule has 0 unspecified atom stereocenters. The summed E-state index contributed by atoms with van der Waals surface area (Å²) in [6.45, 7) is 4.98. The number of aldehydes is 1. The van der Waals surface area contributed by atoms with Crippen LogP contribution in [0.3, 0.4) is 0 Å². The molecule has 0 bridgehead atoms. The quantitative estimate of drug-likeness (QED) is 0.332. The molecule has 12 heteroatoms. The molecule has 1 saturated heterocycles. The molecule has 0 aliphatic carbocycles. The number of carbonyl (C=O) groups is 3. The van der Waals surface area contributed by atoms with Gasteiger partial charge in [0.2, 0.25) is 0 Å². The number of piperidine rings is 1. The van der Waals surface area contributed by atoms with Crippen LogP contribution >= 0.6 is 34.5 Å². The van der Waals surface area contributed by atoms with E-state index >= 15 is 0 Å². The van der Waals surface area contributed by atoms with Crippen molar-refractivity contribution in [2.75, 3.05) is 31.3 Å². The second-order valence-corrected chi connectivity index (χ2v) is 8.54.